The van der Waals surface area contributed by atoms with Gasteiger partial charge in [-0.3, -0.25) is 9.78 Å². The number of aromatic nitrogens is 2. The molecule has 1 unspecified atom stereocenters. The molecule has 0 spiro atoms. The molecule has 1 amide bonds. The number of fused-ring (bicyclic) bond motifs is 3. The fourth-order valence-corrected chi connectivity index (χ4v) is 3.77. The summed E-state index contributed by atoms with van der Waals surface area (Å²) >= 11 is 0. The molecule has 8 nitrogen and oxygen atoms in total. The lowest BCUT2D eigenvalue weighted by atomic mass is 10.0. The predicted octanol–water partition coefficient (Wildman–Crippen LogP) is 5.53. The number of carbonyl (C=O) groups excluding carboxylic acids is 1. The van der Waals surface area contributed by atoms with Gasteiger partial charge in [-0.1, -0.05) is 0 Å². The van der Waals surface area contributed by atoms with Crippen LogP contribution in [0.3, 0.4) is 0 Å². The standard InChI is InChI=1S/C25H27F3N4O4/c1-14(7-9-25(26,27)28)32(23(34)35-24(3,4)5)36-20-12-19-18(11-16(20)13-29)17-8-10-30-15(2)21(17)22(33)31(19)6/h8,10-12,14H,7,9H2,1-6H3. The maximum Gasteiger partial charge on any atom is 0.443 e. The van der Waals surface area contributed by atoms with Gasteiger partial charge in [-0.25, -0.2) is 4.79 Å². The first-order valence-electron chi connectivity index (χ1n) is 11.2. The number of benzene rings is 1. The first-order valence-corrected chi connectivity index (χ1v) is 11.2. The molecule has 1 aromatic carbocycles. The smallest absolute Gasteiger partial charge is 0.442 e. The Kier molecular flexibility index (Phi) is 7.20. The van der Waals surface area contributed by atoms with Gasteiger partial charge in [-0.05, 0) is 58.6 Å². The summed E-state index contributed by atoms with van der Waals surface area (Å²) in [5.74, 6) is -0.102. The summed E-state index contributed by atoms with van der Waals surface area (Å²) in [5, 5.41) is 12.1. The zero-order chi connectivity index (χ0) is 27.0. The van der Waals surface area contributed by atoms with Crippen molar-refractivity contribution in [1.29, 1.82) is 5.26 Å². The minimum Gasteiger partial charge on any atom is -0.442 e. The highest BCUT2D eigenvalue weighted by molar-refractivity contribution is 6.07. The summed E-state index contributed by atoms with van der Waals surface area (Å²) < 4.78 is 45.3. The summed E-state index contributed by atoms with van der Waals surface area (Å²) in [4.78, 5) is 35.8. The molecule has 2 heterocycles. The summed E-state index contributed by atoms with van der Waals surface area (Å²) in [5.41, 5.74) is -0.309. The van der Waals surface area contributed by atoms with Crippen molar-refractivity contribution >= 4 is 27.8 Å². The van der Waals surface area contributed by atoms with Gasteiger partial charge in [0.15, 0.2) is 5.75 Å². The van der Waals surface area contributed by atoms with Crippen molar-refractivity contribution in [3.63, 3.8) is 0 Å². The van der Waals surface area contributed by atoms with Crippen LogP contribution in [-0.4, -0.2) is 38.5 Å². The topological polar surface area (TPSA) is 97.5 Å². The number of halogens is 3. The van der Waals surface area contributed by atoms with E-state index in [0.717, 1.165) is 0 Å². The number of hydroxylamine groups is 2. The molecule has 0 bridgehead atoms. The largest absolute Gasteiger partial charge is 0.443 e. The van der Waals surface area contributed by atoms with Crippen molar-refractivity contribution in [3.8, 4) is 11.8 Å². The molecular formula is C25H27F3N4O4. The van der Waals surface area contributed by atoms with E-state index in [1.807, 2.05) is 6.07 Å². The summed E-state index contributed by atoms with van der Waals surface area (Å²) in [6, 6.07) is 5.55. The van der Waals surface area contributed by atoms with Gasteiger partial charge in [0, 0.05) is 31.1 Å². The lowest BCUT2D eigenvalue weighted by molar-refractivity contribution is -0.146. The van der Waals surface area contributed by atoms with Crippen molar-refractivity contribution in [1.82, 2.24) is 14.6 Å². The summed E-state index contributed by atoms with van der Waals surface area (Å²) in [7, 11) is 1.55. The second-order valence-corrected chi connectivity index (χ2v) is 9.56. The number of alkyl halides is 3. The molecule has 0 aliphatic carbocycles. The van der Waals surface area contributed by atoms with E-state index in [4.69, 9.17) is 9.57 Å². The molecule has 0 N–H and O–H groups in total. The zero-order valence-corrected chi connectivity index (χ0v) is 20.9. The predicted molar refractivity (Wildman–Crippen MR) is 127 cm³/mol. The van der Waals surface area contributed by atoms with Crippen LogP contribution in [0.4, 0.5) is 18.0 Å². The van der Waals surface area contributed by atoms with Crippen LogP contribution < -0.4 is 10.4 Å². The third kappa shape index (κ3) is 5.70. The molecule has 0 saturated heterocycles. The average molecular weight is 505 g/mol. The Hall–Kier alpha value is -3.81. The molecule has 11 heteroatoms. The van der Waals surface area contributed by atoms with Crippen LogP contribution in [0.2, 0.25) is 0 Å². The highest BCUT2D eigenvalue weighted by Crippen LogP contribution is 2.32. The van der Waals surface area contributed by atoms with Gasteiger partial charge in [-0.2, -0.15) is 18.4 Å². The van der Waals surface area contributed by atoms with E-state index in [0.29, 0.717) is 32.4 Å². The van der Waals surface area contributed by atoms with Crippen LogP contribution in [0, 0.1) is 18.3 Å². The molecule has 3 aromatic rings. The van der Waals surface area contributed by atoms with Gasteiger partial charge in [0.1, 0.15) is 11.7 Å². The van der Waals surface area contributed by atoms with E-state index in [1.54, 1.807) is 47.0 Å². The van der Waals surface area contributed by atoms with E-state index >= 15 is 0 Å². The Bertz CT molecular complexity index is 1420. The monoisotopic (exact) mass is 504 g/mol. The molecule has 0 aliphatic heterocycles. The molecule has 1 atom stereocenters. The molecule has 0 saturated carbocycles. The van der Waals surface area contributed by atoms with Crippen molar-refractivity contribution < 1.29 is 27.5 Å². The number of pyridine rings is 2. The number of hydrogen-bond donors (Lipinski definition) is 0. The Morgan fingerprint density at radius 1 is 1.25 bits per heavy atom. The highest BCUT2D eigenvalue weighted by Gasteiger charge is 2.33. The van der Waals surface area contributed by atoms with Crippen molar-refractivity contribution in [3.05, 3.63) is 46.0 Å². The van der Waals surface area contributed by atoms with Gasteiger partial charge < -0.3 is 14.1 Å². The molecule has 0 fully saturated rings. The maximum absolute atomic E-state index is 13.0. The number of ether oxygens (including phenoxy) is 1. The fraction of sp³-hybridized carbons (Fsp3) is 0.440. The quantitative estimate of drug-likeness (QED) is 0.335. The lowest BCUT2D eigenvalue weighted by Gasteiger charge is -2.31. The van der Waals surface area contributed by atoms with Crippen LogP contribution in [0.1, 0.15) is 51.8 Å². The van der Waals surface area contributed by atoms with Gasteiger partial charge >= 0.3 is 12.3 Å². The van der Waals surface area contributed by atoms with Crippen LogP contribution in [0.25, 0.3) is 21.7 Å². The summed E-state index contributed by atoms with van der Waals surface area (Å²) in [6.45, 7) is 7.93. The van der Waals surface area contributed by atoms with Gasteiger partial charge in [0.2, 0.25) is 0 Å². The Balaban J connectivity index is 2.15. The van der Waals surface area contributed by atoms with Crippen LogP contribution in [-0.2, 0) is 11.8 Å². The van der Waals surface area contributed by atoms with Crippen LogP contribution >= 0.6 is 0 Å². The first kappa shape index (κ1) is 26.8. The number of nitriles is 1. The first-order chi connectivity index (χ1) is 16.6. The normalized spacial score (nSPS) is 12.9. The zero-order valence-electron chi connectivity index (χ0n) is 20.9. The minimum absolute atomic E-state index is 0.0218. The van der Waals surface area contributed by atoms with Gasteiger partial charge in [0.05, 0.1) is 28.2 Å². The molecule has 2 aromatic heterocycles. The van der Waals surface area contributed by atoms with Crippen molar-refractivity contribution in [2.75, 3.05) is 0 Å². The highest BCUT2D eigenvalue weighted by atomic mass is 19.4. The SMILES string of the molecule is Cc1nccc2c1c(=O)n(C)c1cc(ON(C(=O)OC(C)(C)C)C(C)CCC(F)(F)F)c(C#N)cc21. The van der Waals surface area contributed by atoms with Gasteiger partial charge in [0.25, 0.3) is 5.56 Å². The van der Waals surface area contributed by atoms with E-state index in [1.165, 1.54) is 23.6 Å². The number of aryl methyl sites for hydroxylation is 2. The number of amides is 1. The van der Waals surface area contributed by atoms with E-state index in [9.17, 15) is 28.0 Å². The molecule has 0 aliphatic rings. The summed E-state index contributed by atoms with van der Waals surface area (Å²) in [6.07, 6.45) is -5.47. The van der Waals surface area contributed by atoms with E-state index in [2.05, 4.69) is 4.98 Å². The second kappa shape index (κ2) is 9.68. The fourth-order valence-electron chi connectivity index (χ4n) is 3.77. The number of rotatable bonds is 5. The number of carbonyl (C=O) groups is 1. The molecule has 0 radical (unpaired) electrons. The Labute approximate surface area is 205 Å². The third-order valence-electron chi connectivity index (χ3n) is 5.54. The third-order valence-corrected chi connectivity index (χ3v) is 5.54. The minimum atomic E-state index is -4.43. The van der Waals surface area contributed by atoms with E-state index in [-0.39, 0.29) is 16.9 Å². The van der Waals surface area contributed by atoms with E-state index < -0.39 is 36.8 Å². The van der Waals surface area contributed by atoms with Gasteiger partial charge in [-0.15, -0.1) is 5.06 Å². The molecule has 3 rings (SSSR count). The Morgan fingerprint density at radius 2 is 1.92 bits per heavy atom. The number of nitrogens with zero attached hydrogens (tertiary/aromatic N) is 4. The molecule has 36 heavy (non-hydrogen) atoms. The maximum atomic E-state index is 13.0. The second-order valence-electron chi connectivity index (χ2n) is 9.56. The lowest BCUT2D eigenvalue weighted by Crippen LogP contribution is -2.44. The molecule has 192 valence electrons. The Morgan fingerprint density at radius 3 is 2.50 bits per heavy atom. The van der Waals surface area contributed by atoms with Crippen LogP contribution in [0.5, 0.6) is 5.75 Å². The molecular weight excluding hydrogens is 477 g/mol. The van der Waals surface area contributed by atoms with Crippen molar-refractivity contribution in [2.45, 2.75) is 65.3 Å². The van der Waals surface area contributed by atoms with Crippen molar-refractivity contribution in [2.24, 2.45) is 7.05 Å². The number of hydrogen-bond acceptors (Lipinski definition) is 6. The average Bonchev–Trinajstić information content (AvgIpc) is 2.77. The van der Waals surface area contributed by atoms with Crippen LogP contribution in [0.15, 0.2) is 29.2 Å².